The summed E-state index contributed by atoms with van der Waals surface area (Å²) in [5, 5.41) is 3.50. The molecule has 2 aliphatic rings. The highest BCUT2D eigenvalue weighted by atomic mass is 32.2. The molecule has 138 valence electrons. The molecule has 3 heterocycles. The van der Waals surface area contributed by atoms with E-state index in [9.17, 15) is 8.42 Å². The van der Waals surface area contributed by atoms with Crippen LogP contribution in [-0.2, 0) is 22.7 Å². The third-order valence-corrected chi connectivity index (χ3v) is 6.98. The van der Waals surface area contributed by atoms with E-state index in [0.29, 0.717) is 23.8 Å². The fourth-order valence-corrected chi connectivity index (χ4v) is 5.35. The predicted octanol–water partition coefficient (Wildman–Crippen LogP) is 2.94. The van der Waals surface area contributed by atoms with E-state index in [1.54, 1.807) is 0 Å². The topological polar surface area (TPSA) is 81.2 Å². The smallest absolute Gasteiger partial charge is 0.221 e. The van der Waals surface area contributed by atoms with E-state index in [-0.39, 0.29) is 17.7 Å². The number of fused-ring (bicyclic) bond motifs is 2. The second-order valence-electron chi connectivity index (χ2n) is 7.26. The standard InChI is InChI=1S/C19H23N3O3S/c1-12(2)17(22-18-15-7-8-25-19(15)21-11-20-18)14-6-5-13-4-3-9-26(23,24)16(13)10-14/h5-6,10-12,17H,3-4,7-9H2,1-2H3,(H,20,21,22)/t17-/m1/s1. The zero-order valence-electron chi connectivity index (χ0n) is 15.0. The number of nitrogens with one attached hydrogen (secondary N) is 1. The van der Waals surface area contributed by atoms with Crippen LogP contribution in [0.25, 0.3) is 0 Å². The van der Waals surface area contributed by atoms with E-state index in [2.05, 4.69) is 29.1 Å². The minimum absolute atomic E-state index is 0.0444. The number of hydrogen-bond acceptors (Lipinski definition) is 6. The summed E-state index contributed by atoms with van der Waals surface area (Å²) in [6.45, 7) is 4.85. The van der Waals surface area contributed by atoms with Gasteiger partial charge in [0.15, 0.2) is 9.84 Å². The Labute approximate surface area is 153 Å². The molecular formula is C19H23N3O3S. The quantitative estimate of drug-likeness (QED) is 0.887. The maximum Gasteiger partial charge on any atom is 0.221 e. The van der Waals surface area contributed by atoms with Crippen LogP contribution in [0.1, 0.15) is 43.0 Å². The number of sulfone groups is 1. The lowest BCUT2D eigenvalue weighted by Crippen LogP contribution is -2.21. The van der Waals surface area contributed by atoms with Crippen LogP contribution in [0.5, 0.6) is 5.88 Å². The van der Waals surface area contributed by atoms with Crippen LogP contribution in [-0.4, -0.2) is 30.7 Å². The number of benzene rings is 1. The van der Waals surface area contributed by atoms with E-state index in [4.69, 9.17) is 4.74 Å². The average molecular weight is 373 g/mol. The second-order valence-corrected chi connectivity index (χ2v) is 9.34. The first kappa shape index (κ1) is 17.3. The normalized spacial score (nSPS) is 18.7. The first-order valence-corrected chi connectivity index (χ1v) is 10.7. The minimum atomic E-state index is -3.18. The molecule has 0 amide bonds. The minimum Gasteiger partial charge on any atom is -0.477 e. The molecule has 1 atom stereocenters. The molecule has 26 heavy (non-hydrogen) atoms. The van der Waals surface area contributed by atoms with Crippen LogP contribution in [0.4, 0.5) is 5.82 Å². The summed E-state index contributed by atoms with van der Waals surface area (Å²) in [4.78, 5) is 9.05. The predicted molar refractivity (Wildman–Crippen MR) is 99.2 cm³/mol. The summed E-state index contributed by atoms with van der Waals surface area (Å²) in [5.41, 5.74) is 2.89. The lowest BCUT2D eigenvalue weighted by atomic mass is 9.94. The molecule has 0 radical (unpaired) electrons. The SMILES string of the molecule is CC(C)[C@@H](Nc1ncnc2c1CCO2)c1ccc2c(c1)S(=O)(=O)CCC2. The highest BCUT2D eigenvalue weighted by molar-refractivity contribution is 7.91. The summed E-state index contributed by atoms with van der Waals surface area (Å²) in [6.07, 6.45) is 3.81. The number of rotatable bonds is 4. The van der Waals surface area contributed by atoms with Gasteiger partial charge >= 0.3 is 0 Å². The molecule has 1 aromatic heterocycles. The van der Waals surface area contributed by atoms with Gasteiger partial charge in [-0.05, 0) is 36.0 Å². The monoisotopic (exact) mass is 373 g/mol. The Morgan fingerprint density at radius 3 is 2.85 bits per heavy atom. The van der Waals surface area contributed by atoms with Gasteiger partial charge in [-0.2, -0.15) is 0 Å². The van der Waals surface area contributed by atoms with Gasteiger partial charge in [-0.15, -0.1) is 0 Å². The van der Waals surface area contributed by atoms with Crippen molar-refractivity contribution in [1.82, 2.24) is 9.97 Å². The van der Waals surface area contributed by atoms with Gasteiger partial charge < -0.3 is 10.1 Å². The van der Waals surface area contributed by atoms with Gasteiger partial charge in [-0.3, -0.25) is 0 Å². The molecule has 1 N–H and O–H groups in total. The summed E-state index contributed by atoms with van der Waals surface area (Å²) in [5.74, 6) is 1.90. The second kappa shape index (κ2) is 6.54. The van der Waals surface area contributed by atoms with Crippen molar-refractivity contribution in [3.63, 3.8) is 0 Å². The lowest BCUT2D eigenvalue weighted by molar-refractivity contribution is 0.344. The highest BCUT2D eigenvalue weighted by Crippen LogP contribution is 2.34. The van der Waals surface area contributed by atoms with Crippen LogP contribution in [0.3, 0.4) is 0 Å². The number of aryl methyl sites for hydroxylation is 1. The van der Waals surface area contributed by atoms with Gasteiger partial charge in [0.1, 0.15) is 12.1 Å². The third-order valence-electron chi connectivity index (χ3n) is 5.10. The van der Waals surface area contributed by atoms with Crippen molar-refractivity contribution in [2.45, 2.75) is 44.0 Å². The number of hydrogen-bond donors (Lipinski definition) is 1. The van der Waals surface area contributed by atoms with E-state index < -0.39 is 9.84 Å². The van der Waals surface area contributed by atoms with Crippen LogP contribution in [0, 0.1) is 5.92 Å². The highest BCUT2D eigenvalue weighted by Gasteiger charge is 2.27. The van der Waals surface area contributed by atoms with Gasteiger partial charge in [0.2, 0.25) is 5.88 Å². The number of anilines is 1. The van der Waals surface area contributed by atoms with E-state index >= 15 is 0 Å². The molecule has 0 unspecified atom stereocenters. The summed E-state index contributed by atoms with van der Waals surface area (Å²) < 4.78 is 30.5. The van der Waals surface area contributed by atoms with Gasteiger partial charge in [0, 0.05) is 6.42 Å². The van der Waals surface area contributed by atoms with Gasteiger partial charge in [-0.25, -0.2) is 18.4 Å². The van der Waals surface area contributed by atoms with Crippen LogP contribution in [0.2, 0.25) is 0 Å². The zero-order chi connectivity index (χ0) is 18.3. The molecule has 1 aromatic carbocycles. The summed E-state index contributed by atoms with van der Waals surface area (Å²) >= 11 is 0. The van der Waals surface area contributed by atoms with E-state index in [1.165, 1.54) is 6.33 Å². The largest absolute Gasteiger partial charge is 0.477 e. The molecule has 0 fully saturated rings. The van der Waals surface area contributed by atoms with Crippen LogP contribution < -0.4 is 10.1 Å². The van der Waals surface area contributed by atoms with Gasteiger partial charge in [0.25, 0.3) is 0 Å². The van der Waals surface area contributed by atoms with Crippen molar-refractivity contribution < 1.29 is 13.2 Å². The maximum atomic E-state index is 12.5. The Hall–Kier alpha value is -2.15. The first-order valence-electron chi connectivity index (χ1n) is 9.04. The number of nitrogens with zero attached hydrogens (tertiary/aromatic N) is 2. The van der Waals surface area contributed by atoms with Crippen molar-refractivity contribution in [3.8, 4) is 5.88 Å². The van der Waals surface area contributed by atoms with Crippen molar-refractivity contribution in [2.24, 2.45) is 5.92 Å². The molecular weight excluding hydrogens is 350 g/mol. The Bertz CT molecular complexity index is 941. The number of aromatic nitrogens is 2. The maximum absolute atomic E-state index is 12.5. The van der Waals surface area contributed by atoms with Crippen molar-refractivity contribution in [3.05, 3.63) is 41.2 Å². The average Bonchev–Trinajstić information content (AvgIpc) is 3.08. The van der Waals surface area contributed by atoms with Crippen molar-refractivity contribution in [1.29, 1.82) is 0 Å². The fraction of sp³-hybridized carbons (Fsp3) is 0.474. The molecule has 2 aromatic rings. The summed E-state index contributed by atoms with van der Waals surface area (Å²) in [7, 11) is -3.18. The Morgan fingerprint density at radius 1 is 1.19 bits per heavy atom. The Kier molecular flexibility index (Phi) is 4.34. The van der Waals surface area contributed by atoms with E-state index in [0.717, 1.165) is 35.3 Å². The van der Waals surface area contributed by atoms with Crippen LogP contribution >= 0.6 is 0 Å². The molecule has 2 aliphatic heterocycles. The zero-order valence-corrected chi connectivity index (χ0v) is 15.8. The molecule has 0 spiro atoms. The Morgan fingerprint density at radius 2 is 2.04 bits per heavy atom. The molecule has 0 bridgehead atoms. The fourth-order valence-electron chi connectivity index (χ4n) is 3.73. The molecule has 0 saturated heterocycles. The van der Waals surface area contributed by atoms with Crippen LogP contribution in [0.15, 0.2) is 29.4 Å². The van der Waals surface area contributed by atoms with Gasteiger partial charge in [0.05, 0.1) is 28.9 Å². The van der Waals surface area contributed by atoms with Gasteiger partial charge in [-0.1, -0.05) is 26.0 Å². The summed E-state index contributed by atoms with van der Waals surface area (Å²) in [6, 6.07) is 5.80. The molecule has 6 nitrogen and oxygen atoms in total. The first-order chi connectivity index (χ1) is 12.5. The third kappa shape index (κ3) is 3.05. The van der Waals surface area contributed by atoms with E-state index in [1.807, 2.05) is 18.2 Å². The molecule has 7 heteroatoms. The number of ether oxygens (including phenoxy) is 1. The van der Waals surface area contributed by atoms with Crippen molar-refractivity contribution in [2.75, 3.05) is 17.7 Å². The molecule has 4 rings (SSSR count). The molecule has 0 saturated carbocycles. The lowest BCUT2D eigenvalue weighted by Gasteiger charge is -2.26. The molecule has 0 aliphatic carbocycles. The Balaban J connectivity index is 1.71. The van der Waals surface area contributed by atoms with Crippen molar-refractivity contribution >= 4 is 15.7 Å².